The van der Waals surface area contributed by atoms with Crippen LogP contribution in [-0.2, 0) is 4.74 Å². The van der Waals surface area contributed by atoms with Gasteiger partial charge in [-0.05, 0) is 18.6 Å². The minimum atomic E-state index is -1.45. The first-order valence-corrected chi connectivity index (χ1v) is 5.40. The molecule has 0 bridgehead atoms. The van der Waals surface area contributed by atoms with Gasteiger partial charge in [-0.3, -0.25) is 10.1 Å². The molecule has 8 nitrogen and oxygen atoms in total. The molecule has 1 atom stereocenters. The Balaban J connectivity index is 0.000000250. The molecule has 2 rings (SSSR count). The number of ether oxygens (including phenoxy) is 2. The van der Waals surface area contributed by atoms with E-state index in [0.717, 1.165) is 25.2 Å². The summed E-state index contributed by atoms with van der Waals surface area (Å²) in [4.78, 5) is 19.6. The van der Waals surface area contributed by atoms with Gasteiger partial charge in [0.25, 0.3) is 5.69 Å². The van der Waals surface area contributed by atoms with Gasteiger partial charge in [0.2, 0.25) is 0 Å². The number of rotatable bonds is 2. The van der Waals surface area contributed by atoms with Crippen molar-refractivity contribution in [3.8, 4) is 5.75 Å². The van der Waals surface area contributed by atoms with Crippen LogP contribution in [0.4, 0.5) is 10.5 Å². The third kappa shape index (κ3) is 5.80. The molecule has 0 amide bonds. The lowest BCUT2D eigenvalue weighted by Gasteiger charge is -1.97. The van der Waals surface area contributed by atoms with Crippen LogP contribution in [0.1, 0.15) is 6.42 Å². The Morgan fingerprint density at radius 3 is 2.37 bits per heavy atom. The second kappa shape index (κ2) is 7.29. The zero-order valence-electron chi connectivity index (χ0n) is 9.89. The lowest BCUT2D eigenvalue weighted by Crippen LogP contribution is -2.02. The second-order valence-electron chi connectivity index (χ2n) is 3.64. The molecule has 104 valence electrons. The number of aliphatic hydroxyl groups is 1. The molecule has 1 heterocycles. The van der Waals surface area contributed by atoms with Gasteiger partial charge in [-0.25, -0.2) is 4.79 Å². The van der Waals surface area contributed by atoms with Gasteiger partial charge >= 0.3 is 6.16 Å². The molecule has 1 aliphatic rings. The smallest absolute Gasteiger partial charge is 0.449 e. The van der Waals surface area contributed by atoms with Gasteiger partial charge < -0.3 is 19.7 Å². The summed E-state index contributed by atoms with van der Waals surface area (Å²) in [5.74, 6) is 0.0538. The molecule has 1 saturated heterocycles. The summed E-state index contributed by atoms with van der Waals surface area (Å²) in [5.41, 5.74) is -0.113. The first kappa shape index (κ1) is 14.9. The number of carboxylic acid groups (broad SMARTS) is 1. The molecule has 0 radical (unpaired) electrons. The number of nitro groups is 1. The highest BCUT2D eigenvalue weighted by molar-refractivity contribution is 5.61. The third-order valence-electron chi connectivity index (χ3n) is 2.16. The molecule has 1 aromatic rings. The Morgan fingerprint density at radius 2 is 2.05 bits per heavy atom. The summed E-state index contributed by atoms with van der Waals surface area (Å²) >= 11 is 0. The molecular formula is C11H13NO7. The minimum absolute atomic E-state index is 0.0538. The number of aliphatic hydroxyl groups excluding tert-OH is 1. The predicted octanol–water partition coefficient (Wildman–Crippen LogP) is 1.42. The zero-order chi connectivity index (χ0) is 14.3. The lowest BCUT2D eigenvalue weighted by molar-refractivity contribution is -0.384. The maximum Gasteiger partial charge on any atom is 0.511 e. The molecular weight excluding hydrogens is 258 g/mol. The van der Waals surface area contributed by atoms with E-state index in [0.29, 0.717) is 6.61 Å². The number of carbonyl (C=O) groups is 1. The molecule has 19 heavy (non-hydrogen) atoms. The van der Waals surface area contributed by atoms with Gasteiger partial charge in [-0.15, -0.1) is 0 Å². The van der Waals surface area contributed by atoms with Gasteiger partial charge in [0.15, 0.2) is 0 Å². The molecule has 0 saturated carbocycles. The lowest BCUT2D eigenvalue weighted by atomic mass is 10.3. The summed E-state index contributed by atoms with van der Waals surface area (Å²) in [5, 5.41) is 27.0. The Hall–Kier alpha value is -2.19. The van der Waals surface area contributed by atoms with Crippen molar-refractivity contribution in [2.45, 2.75) is 12.5 Å². The van der Waals surface area contributed by atoms with Crippen LogP contribution in [-0.4, -0.2) is 40.6 Å². The fraction of sp³-hybridized carbons (Fsp3) is 0.364. The fourth-order valence-corrected chi connectivity index (χ4v) is 1.26. The second-order valence-corrected chi connectivity index (χ2v) is 3.64. The average molecular weight is 271 g/mol. The van der Waals surface area contributed by atoms with Crippen molar-refractivity contribution in [2.24, 2.45) is 0 Å². The highest BCUT2D eigenvalue weighted by Gasteiger charge is 2.09. The Morgan fingerprint density at radius 1 is 1.42 bits per heavy atom. The van der Waals surface area contributed by atoms with Crippen LogP contribution in [0, 0.1) is 10.1 Å². The largest absolute Gasteiger partial charge is 0.511 e. The molecule has 0 unspecified atom stereocenters. The number of hydrogen-bond acceptors (Lipinski definition) is 6. The monoisotopic (exact) mass is 271 g/mol. The maximum absolute atomic E-state index is 10.2. The fourth-order valence-electron chi connectivity index (χ4n) is 1.26. The number of hydrogen-bond donors (Lipinski definition) is 2. The molecule has 1 fully saturated rings. The predicted molar refractivity (Wildman–Crippen MR) is 63.2 cm³/mol. The van der Waals surface area contributed by atoms with Crippen molar-refractivity contribution < 1.29 is 29.4 Å². The van der Waals surface area contributed by atoms with E-state index in [1.165, 1.54) is 12.1 Å². The summed E-state index contributed by atoms with van der Waals surface area (Å²) in [6.45, 7) is 1.28. The van der Waals surface area contributed by atoms with Crippen LogP contribution < -0.4 is 4.74 Å². The first-order chi connectivity index (χ1) is 8.99. The SMILES string of the molecule is O=C(O)Oc1ccc([N+](=O)[O-])cc1.O[C@H]1CCOC1. The van der Waals surface area contributed by atoms with Crippen LogP contribution >= 0.6 is 0 Å². The van der Waals surface area contributed by atoms with E-state index in [1.54, 1.807) is 0 Å². The molecule has 0 aliphatic carbocycles. The third-order valence-corrected chi connectivity index (χ3v) is 2.16. The summed E-state index contributed by atoms with van der Waals surface area (Å²) < 4.78 is 9.05. The normalized spacial score (nSPS) is 17.2. The molecule has 1 aliphatic heterocycles. The van der Waals surface area contributed by atoms with Gasteiger partial charge in [0, 0.05) is 18.7 Å². The highest BCUT2D eigenvalue weighted by Crippen LogP contribution is 2.17. The summed E-state index contributed by atoms with van der Waals surface area (Å²) in [6.07, 6.45) is -0.807. The van der Waals surface area contributed by atoms with Crippen molar-refractivity contribution in [3.05, 3.63) is 34.4 Å². The average Bonchev–Trinajstić information content (AvgIpc) is 2.81. The van der Waals surface area contributed by atoms with E-state index >= 15 is 0 Å². The molecule has 2 N–H and O–H groups in total. The first-order valence-electron chi connectivity index (χ1n) is 5.40. The van der Waals surface area contributed by atoms with Crippen LogP contribution in [0.3, 0.4) is 0 Å². The van der Waals surface area contributed by atoms with Crippen molar-refractivity contribution >= 4 is 11.8 Å². The van der Waals surface area contributed by atoms with Crippen LogP contribution in [0.2, 0.25) is 0 Å². The van der Waals surface area contributed by atoms with Crippen LogP contribution in [0.25, 0.3) is 0 Å². The van der Waals surface area contributed by atoms with Crippen molar-refractivity contribution in [1.82, 2.24) is 0 Å². The number of non-ortho nitro benzene ring substituents is 1. The summed E-state index contributed by atoms with van der Waals surface area (Å²) in [6, 6.07) is 4.76. The van der Waals surface area contributed by atoms with E-state index in [9.17, 15) is 14.9 Å². The Kier molecular flexibility index (Phi) is 5.71. The van der Waals surface area contributed by atoms with E-state index in [-0.39, 0.29) is 17.5 Å². The number of benzene rings is 1. The van der Waals surface area contributed by atoms with Crippen molar-refractivity contribution in [3.63, 3.8) is 0 Å². The highest BCUT2D eigenvalue weighted by atomic mass is 16.7. The molecule has 0 spiro atoms. The van der Waals surface area contributed by atoms with E-state index in [1.807, 2.05) is 0 Å². The zero-order valence-corrected chi connectivity index (χ0v) is 9.89. The Bertz CT molecular complexity index is 425. The molecule has 1 aromatic carbocycles. The molecule has 0 aromatic heterocycles. The minimum Gasteiger partial charge on any atom is -0.449 e. The summed E-state index contributed by atoms with van der Waals surface area (Å²) in [7, 11) is 0. The van der Waals surface area contributed by atoms with Gasteiger partial charge in [0.05, 0.1) is 17.6 Å². The molecule has 8 heteroatoms. The van der Waals surface area contributed by atoms with Gasteiger partial charge in [-0.2, -0.15) is 0 Å². The Labute approximate surface area is 108 Å². The van der Waals surface area contributed by atoms with Crippen molar-refractivity contribution in [1.29, 1.82) is 0 Å². The van der Waals surface area contributed by atoms with E-state index < -0.39 is 11.1 Å². The van der Waals surface area contributed by atoms with Gasteiger partial charge in [-0.1, -0.05) is 0 Å². The van der Waals surface area contributed by atoms with Crippen LogP contribution in [0.15, 0.2) is 24.3 Å². The standard InChI is InChI=1S/C7H5NO5.C4H8O2/c9-7(10)13-6-3-1-5(2-4-6)8(11)12;5-4-1-2-6-3-4/h1-4H,(H,9,10);4-5H,1-3H2/t;4-/m.0/s1. The quantitative estimate of drug-likeness (QED) is 0.361. The van der Waals surface area contributed by atoms with Gasteiger partial charge in [0.1, 0.15) is 5.75 Å². The van der Waals surface area contributed by atoms with Crippen LogP contribution in [0.5, 0.6) is 5.75 Å². The van der Waals surface area contributed by atoms with E-state index in [2.05, 4.69) is 4.74 Å². The number of nitrogens with zero attached hydrogens (tertiary/aromatic N) is 1. The maximum atomic E-state index is 10.2. The number of nitro benzene ring substituents is 1. The topological polar surface area (TPSA) is 119 Å². The van der Waals surface area contributed by atoms with Crippen molar-refractivity contribution in [2.75, 3.05) is 13.2 Å². The van der Waals surface area contributed by atoms with E-state index in [4.69, 9.17) is 14.9 Å².